The van der Waals surface area contributed by atoms with Gasteiger partial charge in [0, 0.05) is 0 Å². The molecule has 0 aromatic heterocycles. The average Bonchev–Trinajstić information content (AvgIpc) is 2.29. The minimum Gasteiger partial charge on any atom is -0.0999 e. The van der Waals surface area contributed by atoms with Crippen molar-refractivity contribution < 1.29 is 0 Å². The summed E-state index contributed by atoms with van der Waals surface area (Å²) in [5.41, 5.74) is 1.43. The lowest BCUT2D eigenvalue weighted by molar-refractivity contribution is 0.601. The van der Waals surface area contributed by atoms with Gasteiger partial charge in [0.2, 0.25) is 0 Å². The Morgan fingerprint density at radius 2 is 1.59 bits per heavy atom. The number of hydrogen-bond donors (Lipinski definition) is 0. The van der Waals surface area contributed by atoms with Crippen molar-refractivity contribution in [2.75, 3.05) is 0 Å². The van der Waals surface area contributed by atoms with Crippen LogP contribution in [0.4, 0.5) is 0 Å². The highest BCUT2D eigenvalue weighted by atomic mass is 32.1. The Labute approximate surface area is 114 Å². The average molecular weight is 254 g/mol. The first-order valence-electron chi connectivity index (χ1n) is 7.24. The van der Waals surface area contributed by atoms with E-state index < -0.39 is 0 Å². The number of unbranched alkanes of at least 4 members (excludes halogenated alkanes) is 2. The summed E-state index contributed by atoms with van der Waals surface area (Å²) < 4.78 is 0. The molecule has 100 valence electrons. The van der Waals surface area contributed by atoms with Crippen LogP contribution < -0.4 is 0 Å². The normalized spacial score (nSPS) is 10.8. The summed E-state index contributed by atoms with van der Waals surface area (Å²) in [6.07, 6.45) is 11.0. The van der Waals surface area contributed by atoms with E-state index in [0.29, 0.717) is 0 Å². The molecule has 0 radical (unpaired) electrons. The summed E-state index contributed by atoms with van der Waals surface area (Å²) in [6.45, 7) is 10.9. The van der Waals surface area contributed by atoms with Crippen molar-refractivity contribution in [3.05, 3.63) is 12.2 Å². The molecule has 0 aliphatic rings. The van der Waals surface area contributed by atoms with E-state index in [4.69, 9.17) is 12.2 Å². The fourth-order valence-corrected chi connectivity index (χ4v) is 2.09. The van der Waals surface area contributed by atoms with Crippen LogP contribution >= 0.6 is 12.2 Å². The first-order chi connectivity index (χ1) is 8.06. The van der Waals surface area contributed by atoms with Gasteiger partial charge in [-0.25, -0.2) is 0 Å². The van der Waals surface area contributed by atoms with E-state index in [9.17, 15) is 0 Å². The molecule has 0 heterocycles. The van der Waals surface area contributed by atoms with Gasteiger partial charge < -0.3 is 0 Å². The second-order valence-corrected chi connectivity index (χ2v) is 6.11. The summed E-state index contributed by atoms with van der Waals surface area (Å²) in [6, 6.07) is 0. The van der Waals surface area contributed by atoms with Gasteiger partial charge >= 0.3 is 0 Å². The molecule has 0 spiro atoms. The van der Waals surface area contributed by atoms with Gasteiger partial charge in [0.15, 0.2) is 0 Å². The molecule has 1 heteroatoms. The molecule has 0 saturated heterocycles. The van der Waals surface area contributed by atoms with Crippen molar-refractivity contribution in [1.82, 2.24) is 0 Å². The fourth-order valence-electron chi connectivity index (χ4n) is 1.82. The molecule has 0 aromatic carbocycles. The number of thiocarbonyl (C=S) groups is 1. The first-order valence-corrected chi connectivity index (χ1v) is 7.65. The molecule has 0 saturated carbocycles. The Morgan fingerprint density at radius 3 is 2.18 bits per heavy atom. The molecular weight excluding hydrogens is 224 g/mol. The van der Waals surface area contributed by atoms with Crippen molar-refractivity contribution in [2.24, 2.45) is 5.92 Å². The van der Waals surface area contributed by atoms with Crippen LogP contribution in [0.5, 0.6) is 0 Å². The molecule has 0 aliphatic heterocycles. The predicted molar refractivity (Wildman–Crippen MR) is 83.8 cm³/mol. The molecule has 17 heavy (non-hydrogen) atoms. The highest BCUT2D eigenvalue weighted by Gasteiger charge is 2.01. The molecule has 0 unspecified atom stereocenters. The minimum absolute atomic E-state index is 0.779. The third-order valence-corrected chi connectivity index (χ3v) is 3.53. The number of hydrogen-bond acceptors (Lipinski definition) is 1. The Hall–Kier alpha value is -0.170. The Bertz CT molecular complexity index is 216. The predicted octanol–water partition coefficient (Wildman–Crippen LogP) is 6.10. The van der Waals surface area contributed by atoms with Gasteiger partial charge in [-0.05, 0) is 62.1 Å². The zero-order valence-corrected chi connectivity index (χ0v) is 12.9. The van der Waals surface area contributed by atoms with Crippen LogP contribution in [0.1, 0.15) is 78.6 Å². The van der Waals surface area contributed by atoms with Gasteiger partial charge in [-0.2, -0.15) is 0 Å². The first kappa shape index (κ1) is 16.8. The minimum atomic E-state index is 0.779. The standard InChI is InChI=1S/C16H30S/c1-5-6-9-15(4)10-7-8-11-16(17)13-12-14(2)3/h14H,4-13H2,1-3H3. The quantitative estimate of drug-likeness (QED) is 0.244. The van der Waals surface area contributed by atoms with E-state index in [2.05, 4.69) is 27.4 Å². The van der Waals surface area contributed by atoms with Crippen LogP contribution in [0.3, 0.4) is 0 Å². The topological polar surface area (TPSA) is 0 Å². The molecule has 0 N–H and O–H groups in total. The summed E-state index contributed by atoms with van der Waals surface area (Å²) in [5, 5.41) is 0. The van der Waals surface area contributed by atoms with Crippen molar-refractivity contribution in [2.45, 2.75) is 78.6 Å². The van der Waals surface area contributed by atoms with Crippen molar-refractivity contribution in [1.29, 1.82) is 0 Å². The van der Waals surface area contributed by atoms with Crippen molar-refractivity contribution in [3.63, 3.8) is 0 Å². The number of rotatable bonds is 11. The van der Waals surface area contributed by atoms with Crippen LogP contribution in [-0.4, -0.2) is 4.86 Å². The maximum Gasteiger partial charge on any atom is -0.00714 e. The largest absolute Gasteiger partial charge is 0.0999 e. The second kappa shape index (κ2) is 11.0. The van der Waals surface area contributed by atoms with Crippen molar-refractivity contribution in [3.8, 4) is 0 Å². The second-order valence-electron chi connectivity index (χ2n) is 5.53. The Kier molecular flexibility index (Phi) is 10.8. The third-order valence-electron chi connectivity index (χ3n) is 3.12. The molecule has 0 atom stereocenters. The van der Waals surface area contributed by atoms with Crippen LogP contribution in [-0.2, 0) is 0 Å². The molecule has 0 fully saturated rings. The maximum absolute atomic E-state index is 5.40. The zero-order chi connectivity index (χ0) is 13.1. The van der Waals surface area contributed by atoms with Crippen LogP contribution in [0.15, 0.2) is 12.2 Å². The van der Waals surface area contributed by atoms with Gasteiger partial charge in [0.05, 0.1) is 0 Å². The third kappa shape index (κ3) is 12.1. The summed E-state index contributed by atoms with van der Waals surface area (Å²) >= 11 is 5.40. The van der Waals surface area contributed by atoms with E-state index in [1.54, 1.807) is 0 Å². The molecule has 0 nitrogen and oxygen atoms in total. The van der Waals surface area contributed by atoms with Gasteiger partial charge in [0.25, 0.3) is 0 Å². The van der Waals surface area contributed by atoms with Gasteiger partial charge in [-0.3, -0.25) is 0 Å². The van der Waals surface area contributed by atoms with E-state index in [-0.39, 0.29) is 0 Å². The summed E-state index contributed by atoms with van der Waals surface area (Å²) in [4.78, 5) is 1.28. The number of allylic oxidation sites excluding steroid dienone is 1. The highest BCUT2D eigenvalue weighted by Crippen LogP contribution is 2.15. The molecular formula is C16H30S. The molecule has 0 rings (SSSR count). The monoisotopic (exact) mass is 254 g/mol. The van der Waals surface area contributed by atoms with Crippen LogP contribution in [0.25, 0.3) is 0 Å². The molecule has 0 bridgehead atoms. The molecule has 0 aromatic rings. The maximum atomic E-state index is 5.40. The SMILES string of the molecule is C=C(CCCC)CCCCC(=S)CCC(C)C. The van der Waals surface area contributed by atoms with Gasteiger partial charge in [0.1, 0.15) is 0 Å². The zero-order valence-electron chi connectivity index (χ0n) is 12.1. The lowest BCUT2D eigenvalue weighted by Crippen LogP contribution is -1.98. The Balaban J connectivity index is 3.38. The van der Waals surface area contributed by atoms with E-state index in [1.165, 1.54) is 55.4 Å². The van der Waals surface area contributed by atoms with Gasteiger partial charge in [-0.15, -0.1) is 0 Å². The van der Waals surface area contributed by atoms with E-state index in [1.807, 2.05) is 0 Å². The lowest BCUT2D eigenvalue weighted by atomic mass is 10.0. The smallest absolute Gasteiger partial charge is 0.00714 e. The lowest BCUT2D eigenvalue weighted by Gasteiger charge is -2.07. The molecule has 0 aliphatic carbocycles. The van der Waals surface area contributed by atoms with Crippen LogP contribution in [0.2, 0.25) is 0 Å². The highest BCUT2D eigenvalue weighted by molar-refractivity contribution is 7.80. The summed E-state index contributed by atoms with van der Waals surface area (Å²) in [5.74, 6) is 0.779. The van der Waals surface area contributed by atoms with Crippen LogP contribution in [0, 0.1) is 5.92 Å². The fraction of sp³-hybridized carbons (Fsp3) is 0.812. The van der Waals surface area contributed by atoms with E-state index in [0.717, 1.165) is 18.8 Å². The Morgan fingerprint density at radius 1 is 1.00 bits per heavy atom. The van der Waals surface area contributed by atoms with Gasteiger partial charge in [-0.1, -0.05) is 51.6 Å². The molecule has 0 amide bonds. The van der Waals surface area contributed by atoms with E-state index >= 15 is 0 Å². The summed E-state index contributed by atoms with van der Waals surface area (Å²) in [7, 11) is 0. The van der Waals surface area contributed by atoms with Crippen molar-refractivity contribution >= 4 is 17.1 Å².